The minimum atomic E-state index is -0.00911. The Labute approximate surface area is 148 Å². The fourth-order valence-electron chi connectivity index (χ4n) is 3.24. The van der Waals surface area contributed by atoms with E-state index in [1.54, 1.807) is 0 Å². The van der Waals surface area contributed by atoms with E-state index < -0.39 is 0 Å². The zero-order valence-corrected chi connectivity index (χ0v) is 14.7. The van der Waals surface area contributed by atoms with Gasteiger partial charge < -0.3 is 10.2 Å². The number of hydrogen-bond donors (Lipinski definition) is 1. The summed E-state index contributed by atoms with van der Waals surface area (Å²) in [7, 11) is 0. The molecular formula is C20H23ClN2O. The molecule has 1 fully saturated rings. The van der Waals surface area contributed by atoms with Crippen molar-refractivity contribution in [3.8, 4) is 0 Å². The van der Waals surface area contributed by atoms with E-state index >= 15 is 0 Å². The minimum absolute atomic E-state index is 0.00911. The molecule has 0 radical (unpaired) electrons. The number of hydrogen-bond acceptors (Lipinski definition) is 1. The highest BCUT2D eigenvalue weighted by Gasteiger charge is 2.23. The third-order valence-electron chi connectivity index (χ3n) is 4.69. The summed E-state index contributed by atoms with van der Waals surface area (Å²) in [4.78, 5) is 14.6. The van der Waals surface area contributed by atoms with E-state index in [1.165, 1.54) is 5.56 Å². The average molecular weight is 343 g/mol. The van der Waals surface area contributed by atoms with Gasteiger partial charge in [0.15, 0.2) is 0 Å². The molecule has 1 aliphatic heterocycles. The Morgan fingerprint density at radius 1 is 1.12 bits per heavy atom. The number of anilines is 1. The number of nitrogens with one attached hydrogen (secondary N) is 1. The number of rotatable bonds is 2. The predicted molar refractivity (Wildman–Crippen MR) is 99.8 cm³/mol. The van der Waals surface area contributed by atoms with Gasteiger partial charge >= 0.3 is 6.03 Å². The Kier molecular flexibility index (Phi) is 5.41. The Morgan fingerprint density at radius 3 is 2.62 bits per heavy atom. The first-order chi connectivity index (χ1) is 11.6. The Morgan fingerprint density at radius 2 is 1.88 bits per heavy atom. The molecule has 3 nitrogen and oxygen atoms in total. The Bertz CT molecular complexity index is 699. The van der Waals surface area contributed by atoms with Gasteiger partial charge in [-0.2, -0.15) is 0 Å². The van der Waals surface area contributed by atoms with E-state index in [1.807, 2.05) is 48.2 Å². The van der Waals surface area contributed by atoms with Gasteiger partial charge in [-0.3, -0.25) is 0 Å². The molecule has 0 spiro atoms. The fraction of sp³-hybridized carbons (Fsp3) is 0.350. The van der Waals surface area contributed by atoms with Crippen LogP contribution in [0, 0.1) is 6.92 Å². The molecule has 2 aromatic rings. The lowest BCUT2D eigenvalue weighted by Gasteiger charge is -2.25. The molecule has 1 N–H and O–H groups in total. The SMILES string of the molecule is Cc1ccccc1NC(=O)N1CCCCC(c2ccc(Cl)cc2)C1. The van der Waals surface area contributed by atoms with Crippen molar-refractivity contribution in [2.45, 2.75) is 32.1 Å². The average Bonchev–Trinajstić information content (AvgIpc) is 2.84. The van der Waals surface area contributed by atoms with Crippen LogP contribution in [0.4, 0.5) is 10.5 Å². The van der Waals surface area contributed by atoms with Crippen molar-refractivity contribution in [2.24, 2.45) is 0 Å². The second-order valence-electron chi connectivity index (χ2n) is 6.44. The molecule has 0 bridgehead atoms. The first kappa shape index (κ1) is 16.8. The smallest absolute Gasteiger partial charge is 0.321 e. The lowest BCUT2D eigenvalue weighted by atomic mass is 9.94. The van der Waals surface area contributed by atoms with Crippen LogP contribution in [-0.2, 0) is 0 Å². The van der Waals surface area contributed by atoms with Gasteiger partial charge in [-0.15, -0.1) is 0 Å². The number of likely N-dealkylation sites (tertiary alicyclic amines) is 1. The zero-order valence-electron chi connectivity index (χ0n) is 14.0. The maximum Gasteiger partial charge on any atom is 0.321 e. The first-order valence-electron chi connectivity index (χ1n) is 8.50. The number of urea groups is 1. The lowest BCUT2D eigenvalue weighted by molar-refractivity contribution is 0.211. The quantitative estimate of drug-likeness (QED) is 0.773. The third-order valence-corrected chi connectivity index (χ3v) is 4.94. The molecule has 3 rings (SSSR count). The number of para-hydroxylation sites is 1. The van der Waals surface area contributed by atoms with E-state index in [-0.39, 0.29) is 6.03 Å². The van der Waals surface area contributed by atoms with Crippen LogP contribution in [0.2, 0.25) is 5.02 Å². The molecule has 1 unspecified atom stereocenters. The van der Waals surface area contributed by atoms with Gasteiger partial charge in [-0.25, -0.2) is 4.79 Å². The van der Waals surface area contributed by atoms with Crippen LogP contribution in [0.3, 0.4) is 0 Å². The molecule has 0 saturated carbocycles. The van der Waals surface area contributed by atoms with Gasteiger partial charge in [0.05, 0.1) is 0 Å². The summed E-state index contributed by atoms with van der Waals surface area (Å²) in [6.07, 6.45) is 3.29. The minimum Gasteiger partial charge on any atom is -0.324 e. The molecule has 4 heteroatoms. The number of amides is 2. The zero-order chi connectivity index (χ0) is 16.9. The van der Waals surface area contributed by atoms with E-state index in [9.17, 15) is 4.79 Å². The third kappa shape index (κ3) is 4.09. The van der Waals surface area contributed by atoms with Crippen LogP contribution >= 0.6 is 11.6 Å². The molecule has 1 saturated heterocycles. The maximum atomic E-state index is 12.7. The van der Waals surface area contributed by atoms with Gasteiger partial charge in [-0.05, 0) is 49.1 Å². The van der Waals surface area contributed by atoms with Crippen LogP contribution in [0.25, 0.3) is 0 Å². The second-order valence-corrected chi connectivity index (χ2v) is 6.87. The summed E-state index contributed by atoms with van der Waals surface area (Å²) < 4.78 is 0. The summed E-state index contributed by atoms with van der Waals surface area (Å²) in [6.45, 7) is 3.57. The molecule has 126 valence electrons. The topological polar surface area (TPSA) is 32.3 Å². The molecule has 0 aliphatic carbocycles. The lowest BCUT2D eigenvalue weighted by Crippen LogP contribution is -2.37. The van der Waals surface area contributed by atoms with E-state index in [2.05, 4.69) is 17.4 Å². The normalized spacial score (nSPS) is 18.1. The number of carbonyl (C=O) groups excluding carboxylic acids is 1. The highest BCUT2D eigenvalue weighted by atomic mass is 35.5. The van der Waals surface area contributed by atoms with Gasteiger partial charge in [0.1, 0.15) is 0 Å². The van der Waals surface area contributed by atoms with Crippen molar-refractivity contribution < 1.29 is 4.79 Å². The van der Waals surface area contributed by atoms with Crippen molar-refractivity contribution in [1.82, 2.24) is 4.90 Å². The van der Waals surface area contributed by atoms with Gasteiger partial charge in [0.2, 0.25) is 0 Å². The largest absolute Gasteiger partial charge is 0.324 e. The first-order valence-corrected chi connectivity index (χ1v) is 8.88. The van der Waals surface area contributed by atoms with Crippen LogP contribution in [0.5, 0.6) is 0 Å². The highest BCUT2D eigenvalue weighted by molar-refractivity contribution is 6.30. The predicted octanol–water partition coefficient (Wildman–Crippen LogP) is 5.45. The maximum absolute atomic E-state index is 12.7. The van der Waals surface area contributed by atoms with Crippen molar-refractivity contribution >= 4 is 23.3 Å². The van der Waals surface area contributed by atoms with E-state index in [0.29, 0.717) is 5.92 Å². The van der Waals surface area contributed by atoms with Crippen molar-refractivity contribution in [3.05, 3.63) is 64.7 Å². The van der Waals surface area contributed by atoms with E-state index in [4.69, 9.17) is 11.6 Å². The molecule has 24 heavy (non-hydrogen) atoms. The number of nitrogens with zero attached hydrogens (tertiary/aromatic N) is 1. The molecule has 1 heterocycles. The summed E-state index contributed by atoms with van der Waals surface area (Å²) in [6, 6.07) is 15.9. The van der Waals surface area contributed by atoms with Gasteiger partial charge in [0.25, 0.3) is 0 Å². The van der Waals surface area contributed by atoms with E-state index in [0.717, 1.165) is 48.6 Å². The summed E-state index contributed by atoms with van der Waals surface area (Å²) in [5, 5.41) is 3.81. The summed E-state index contributed by atoms with van der Waals surface area (Å²) in [5.41, 5.74) is 3.22. The molecule has 2 amide bonds. The van der Waals surface area contributed by atoms with Crippen molar-refractivity contribution in [1.29, 1.82) is 0 Å². The highest BCUT2D eigenvalue weighted by Crippen LogP contribution is 2.28. The van der Waals surface area contributed by atoms with Crippen molar-refractivity contribution in [2.75, 3.05) is 18.4 Å². The molecular weight excluding hydrogens is 320 g/mol. The molecule has 2 aromatic carbocycles. The standard InChI is InChI=1S/C20H23ClN2O/c1-15-6-2-3-8-19(15)22-20(24)23-13-5-4-7-17(14-23)16-9-11-18(21)12-10-16/h2-3,6,8-12,17H,4-5,7,13-14H2,1H3,(H,22,24). The summed E-state index contributed by atoms with van der Waals surface area (Å²) in [5.74, 6) is 0.368. The Balaban J connectivity index is 1.71. The van der Waals surface area contributed by atoms with Gasteiger partial charge in [-0.1, -0.05) is 48.4 Å². The van der Waals surface area contributed by atoms with Crippen LogP contribution < -0.4 is 5.32 Å². The number of carbonyl (C=O) groups is 1. The van der Waals surface area contributed by atoms with Crippen LogP contribution in [-0.4, -0.2) is 24.0 Å². The van der Waals surface area contributed by atoms with Crippen LogP contribution in [0.1, 0.15) is 36.3 Å². The van der Waals surface area contributed by atoms with Crippen molar-refractivity contribution in [3.63, 3.8) is 0 Å². The molecule has 1 atom stereocenters. The number of aryl methyl sites for hydroxylation is 1. The summed E-state index contributed by atoms with van der Waals surface area (Å²) >= 11 is 5.99. The van der Waals surface area contributed by atoms with Crippen LogP contribution in [0.15, 0.2) is 48.5 Å². The Hall–Kier alpha value is -2.00. The number of halogens is 1. The molecule has 0 aromatic heterocycles. The second kappa shape index (κ2) is 7.71. The van der Waals surface area contributed by atoms with Gasteiger partial charge in [0, 0.05) is 29.7 Å². The number of benzene rings is 2. The molecule has 1 aliphatic rings. The fourth-order valence-corrected chi connectivity index (χ4v) is 3.37. The monoisotopic (exact) mass is 342 g/mol.